The third-order valence-corrected chi connectivity index (χ3v) is 4.50. The number of Topliss-reactive ketones (excluding diaryl/α,β-unsaturated/α-hetero) is 2. The lowest BCUT2D eigenvalue weighted by molar-refractivity contribution is -0.235. The number of carboxylic acid groups (broad SMARTS) is 1. The highest BCUT2D eigenvalue weighted by Crippen LogP contribution is 2.37. The van der Waals surface area contributed by atoms with E-state index in [4.69, 9.17) is 9.84 Å². The molecule has 9 nitrogen and oxygen atoms in total. The van der Waals surface area contributed by atoms with E-state index in [9.17, 15) is 34.8 Å². The zero-order valence-corrected chi connectivity index (χ0v) is 14.3. The van der Waals surface area contributed by atoms with Crippen molar-refractivity contribution < 1.29 is 44.7 Å². The number of aliphatic hydroxyl groups is 4. The van der Waals surface area contributed by atoms with Crippen LogP contribution in [0, 0.1) is 5.92 Å². The van der Waals surface area contributed by atoms with Crippen LogP contribution >= 0.6 is 0 Å². The van der Waals surface area contributed by atoms with Crippen molar-refractivity contribution in [2.45, 2.75) is 69.5 Å². The molecule has 0 aliphatic carbocycles. The van der Waals surface area contributed by atoms with Crippen LogP contribution in [-0.2, 0) is 19.1 Å². The summed E-state index contributed by atoms with van der Waals surface area (Å²) in [5.74, 6) is -2.84. The van der Waals surface area contributed by atoms with Crippen molar-refractivity contribution in [1.82, 2.24) is 0 Å². The highest BCUT2D eigenvalue weighted by molar-refractivity contribution is 5.85. The molecular formula is C16H26O9. The fraction of sp³-hybridized carbons (Fsp3) is 0.812. The van der Waals surface area contributed by atoms with E-state index >= 15 is 0 Å². The second-order valence-corrected chi connectivity index (χ2v) is 6.74. The Balaban J connectivity index is 2.99. The number of ether oxygens (including phenoxy) is 1. The fourth-order valence-corrected chi connectivity index (χ4v) is 2.93. The Morgan fingerprint density at radius 2 is 1.84 bits per heavy atom. The highest BCUT2D eigenvalue weighted by atomic mass is 16.6. The molecular weight excluding hydrogens is 336 g/mol. The Hall–Kier alpha value is -1.39. The van der Waals surface area contributed by atoms with Crippen LogP contribution in [0.5, 0.6) is 0 Å². The van der Waals surface area contributed by atoms with Gasteiger partial charge >= 0.3 is 5.97 Å². The van der Waals surface area contributed by atoms with Crippen LogP contribution in [-0.4, -0.2) is 79.7 Å². The first-order valence-corrected chi connectivity index (χ1v) is 8.09. The third kappa shape index (κ3) is 5.55. The third-order valence-electron chi connectivity index (χ3n) is 4.50. The minimum Gasteiger partial charge on any atom is -0.479 e. The lowest BCUT2D eigenvalue weighted by Crippen LogP contribution is -2.60. The van der Waals surface area contributed by atoms with Gasteiger partial charge in [-0.25, -0.2) is 4.79 Å². The lowest BCUT2D eigenvalue weighted by atomic mass is 9.77. The van der Waals surface area contributed by atoms with Crippen LogP contribution in [0.3, 0.4) is 0 Å². The average molecular weight is 362 g/mol. The summed E-state index contributed by atoms with van der Waals surface area (Å²) in [5.41, 5.74) is -1.81. The summed E-state index contributed by atoms with van der Waals surface area (Å²) in [5, 5.41) is 48.5. The molecule has 1 saturated heterocycles. The summed E-state index contributed by atoms with van der Waals surface area (Å²) in [6, 6.07) is 0. The average Bonchev–Trinajstić information content (AvgIpc) is 2.53. The summed E-state index contributed by atoms with van der Waals surface area (Å²) in [6.45, 7) is 1.76. The molecule has 144 valence electrons. The molecule has 0 aromatic heterocycles. The summed E-state index contributed by atoms with van der Waals surface area (Å²) in [6.07, 6.45) is -6.50. The number of carboxylic acids is 1. The Bertz CT molecular complexity index is 506. The van der Waals surface area contributed by atoms with Gasteiger partial charge in [-0.2, -0.15) is 0 Å². The number of rotatable bonds is 9. The second kappa shape index (κ2) is 8.81. The summed E-state index contributed by atoms with van der Waals surface area (Å²) >= 11 is 0. The maximum absolute atomic E-state index is 12.0. The molecule has 0 spiro atoms. The van der Waals surface area contributed by atoms with Crippen LogP contribution in [0.25, 0.3) is 0 Å². The topological polar surface area (TPSA) is 162 Å². The van der Waals surface area contributed by atoms with Crippen molar-refractivity contribution >= 4 is 17.5 Å². The molecule has 0 aromatic carbocycles. The van der Waals surface area contributed by atoms with Gasteiger partial charge in [0.1, 0.15) is 23.8 Å². The van der Waals surface area contributed by atoms with E-state index in [1.54, 1.807) is 0 Å². The molecule has 5 N–H and O–H groups in total. The van der Waals surface area contributed by atoms with E-state index in [-0.39, 0.29) is 37.2 Å². The zero-order chi connectivity index (χ0) is 19.4. The van der Waals surface area contributed by atoms with Crippen molar-refractivity contribution in [3.63, 3.8) is 0 Å². The molecule has 0 radical (unpaired) electrons. The number of carbonyl (C=O) groups excluding carboxylic acids is 2. The smallest absolute Gasteiger partial charge is 0.335 e. The van der Waals surface area contributed by atoms with E-state index < -0.39 is 48.5 Å². The van der Waals surface area contributed by atoms with E-state index in [1.165, 1.54) is 13.8 Å². The number of aliphatic hydroxyl groups excluding tert-OH is 4. The Morgan fingerprint density at radius 3 is 2.32 bits per heavy atom. The quantitative estimate of drug-likeness (QED) is 0.333. The molecule has 0 aromatic rings. The van der Waals surface area contributed by atoms with Gasteiger partial charge in [0.2, 0.25) is 0 Å². The first-order chi connectivity index (χ1) is 11.5. The molecule has 0 saturated carbocycles. The van der Waals surface area contributed by atoms with E-state index in [0.29, 0.717) is 0 Å². The first-order valence-electron chi connectivity index (χ1n) is 8.09. The molecule has 9 heteroatoms. The Labute approximate surface area is 145 Å². The molecule has 6 atom stereocenters. The molecule has 1 aliphatic heterocycles. The van der Waals surface area contributed by atoms with Gasteiger partial charge in [0.15, 0.2) is 5.60 Å². The van der Waals surface area contributed by atoms with Gasteiger partial charge < -0.3 is 35.1 Å². The minimum atomic E-state index is -1.81. The predicted molar refractivity (Wildman–Crippen MR) is 83.7 cm³/mol. The number of aliphatic carboxylic acids is 1. The lowest BCUT2D eigenvalue weighted by Gasteiger charge is -2.45. The normalized spacial score (nSPS) is 32.0. The van der Waals surface area contributed by atoms with Crippen LogP contribution in [0.15, 0.2) is 0 Å². The van der Waals surface area contributed by atoms with E-state index in [0.717, 1.165) is 0 Å². The summed E-state index contributed by atoms with van der Waals surface area (Å²) in [7, 11) is 0. The number of hydrogen-bond donors (Lipinski definition) is 5. The highest BCUT2D eigenvalue weighted by Gasteiger charge is 2.51. The summed E-state index contributed by atoms with van der Waals surface area (Å²) in [4.78, 5) is 34.4. The van der Waals surface area contributed by atoms with E-state index in [1.807, 2.05) is 0 Å². The maximum atomic E-state index is 12.0. The molecule has 1 fully saturated rings. The van der Waals surface area contributed by atoms with Crippen LogP contribution in [0.2, 0.25) is 0 Å². The van der Waals surface area contributed by atoms with Crippen molar-refractivity contribution in [2.75, 3.05) is 6.61 Å². The molecule has 1 heterocycles. The van der Waals surface area contributed by atoms with Crippen molar-refractivity contribution in [2.24, 2.45) is 5.92 Å². The molecule has 25 heavy (non-hydrogen) atoms. The largest absolute Gasteiger partial charge is 0.479 e. The predicted octanol–water partition coefficient (Wildman–Crippen LogP) is -1.36. The standard InChI is InChI=1S/C16H26O9/c1-8(18)3-4-9(19)5-10-11(20)6-16(2,15(23)24)25-14(10)13(22)12(21)7-17/h10-14,17,20-22H,3-7H2,1-2H3,(H,23,24)/t10-,11-,12-,13-,14?,16-/m1/s1. The SMILES string of the molecule is CC(=O)CCC(=O)C[C@H]1C([C@H](O)[C@H](O)CO)O[C@@](C)(C(=O)O)C[C@H]1O. The number of carbonyl (C=O) groups is 3. The number of hydrogen-bond acceptors (Lipinski definition) is 8. The Morgan fingerprint density at radius 1 is 1.24 bits per heavy atom. The van der Waals surface area contributed by atoms with Gasteiger partial charge in [-0.15, -0.1) is 0 Å². The van der Waals surface area contributed by atoms with Gasteiger partial charge in [0, 0.05) is 31.6 Å². The van der Waals surface area contributed by atoms with Crippen LogP contribution < -0.4 is 0 Å². The zero-order valence-electron chi connectivity index (χ0n) is 14.3. The molecule has 1 unspecified atom stereocenters. The maximum Gasteiger partial charge on any atom is 0.335 e. The van der Waals surface area contributed by atoms with Gasteiger partial charge in [-0.3, -0.25) is 4.79 Å². The first kappa shape index (κ1) is 21.7. The molecule has 1 aliphatic rings. The van der Waals surface area contributed by atoms with Gasteiger partial charge in [0.05, 0.1) is 18.8 Å². The van der Waals surface area contributed by atoms with Gasteiger partial charge in [-0.1, -0.05) is 0 Å². The second-order valence-electron chi connectivity index (χ2n) is 6.74. The summed E-state index contributed by atoms with van der Waals surface area (Å²) < 4.78 is 5.43. The van der Waals surface area contributed by atoms with E-state index in [2.05, 4.69) is 0 Å². The van der Waals surface area contributed by atoms with Crippen molar-refractivity contribution in [1.29, 1.82) is 0 Å². The van der Waals surface area contributed by atoms with Crippen LogP contribution in [0.1, 0.15) is 39.5 Å². The van der Waals surface area contributed by atoms with Crippen molar-refractivity contribution in [3.05, 3.63) is 0 Å². The molecule has 0 amide bonds. The Kier molecular flexibility index (Phi) is 7.63. The van der Waals surface area contributed by atoms with Gasteiger partial charge in [0.25, 0.3) is 0 Å². The number of ketones is 2. The minimum absolute atomic E-state index is 0.0415. The van der Waals surface area contributed by atoms with Crippen LogP contribution in [0.4, 0.5) is 0 Å². The monoisotopic (exact) mass is 362 g/mol. The molecule has 0 bridgehead atoms. The van der Waals surface area contributed by atoms with Crippen molar-refractivity contribution in [3.8, 4) is 0 Å². The fourth-order valence-electron chi connectivity index (χ4n) is 2.93. The molecule has 1 rings (SSSR count). The van der Waals surface area contributed by atoms with Gasteiger partial charge in [-0.05, 0) is 13.8 Å².